The predicted octanol–water partition coefficient (Wildman–Crippen LogP) is 3.53. The van der Waals surface area contributed by atoms with Gasteiger partial charge in [0.2, 0.25) is 0 Å². The Bertz CT molecular complexity index is 416. The lowest BCUT2D eigenvalue weighted by atomic mass is 10.4. The Morgan fingerprint density at radius 2 is 2.07 bits per heavy atom. The molecule has 0 fully saturated rings. The third kappa shape index (κ3) is 3.32. The SMILES string of the molecule is Brc1ccc(CSc2ccccn2)nc1. The second-order valence-electron chi connectivity index (χ2n) is 2.92. The summed E-state index contributed by atoms with van der Waals surface area (Å²) in [5.74, 6) is 0.851. The van der Waals surface area contributed by atoms with E-state index in [1.54, 1.807) is 18.0 Å². The Labute approximate surface area is 101 Å². The lowest BCUT2D eigenvalue weighted by Crippen LogP contribution is -1.86. The predicted molar refractivity (Wildman–Crippen MR) is 65.7 cm³/mol. The quantitative estimate of drug-likeness (QED) is 0.805. The van der Waals surface area contributed by atoms with Crippen LogP contribution in [0.25, 0.3) is 0 Å². The number of aromatic nitrogens is 2. The molecular weight excluding hydrogens is 272 g/mol. The van der Waals surface area contributed by atoms with Gasteiger partial charge >= 0.3 is 0 Å². The van der Waals surface area contributed by atoms with E-state index in [1.165, 1.54) is 0 Å². The molecular formula is C11H9BrN2S. The van der Waals surface area contributed by atoms with Gasteiger partial charge in [-0.15, -0.1) is 11.8 Å². The van der Waals surface area contributed by atoms with E-state index in [0.717, 1.165) is 20.9 Å². The highest BCUT2D eigenvalue weighted by molar-refractivity contribution is 9.10. The molecule has 15 heavy (non-hydrogen) atoms. The first kappa shape index (κ1) is 10.6. The van der Waals surface area contributed by atoms with Crippen LogP contribution in [0.1, 0.15) is 5.69 Å². The molecule has 0 saturated carbocycles. The van der Waals surface area contributed by atoms with Crippen molar-refractivity contribution in [3.8, 4) is 0 Å². The molecule has 0 atom stereocenters. The molecule has 0 aromatic carbocycles. The van der Waals surface area contributed by atoms with Crippen molar-refractivity contribution in [1.82, 2.24) is 9.97 Å². The van der Waals surface area contributed by atoms with Crippen molar-refractivity contribution in [2.45, 2.75) is 10.8 Å². The van der Waals surface area contributed by atoms with E-state index in [0.29, 0.717) is 0 Å². The normalized spacial score (nSPS) is 10.2. The molecule has 0 unspecified atom stereocenters. The van der Waals surface area contributed by atoms with Crippen LogP contribution < -0.4 is 0 Å². The fraction of sp³-hybridized carbons (Fsp3) is 0.0909. The van der Waals surface area contributed by atoms with Crippen molar-refractivity contribution in [3.63, 3.8) is 0 Å². The van der Waals surface area contributed by atoms with Crippen LogP contribution in [0.3, 0.4) is 0 Å². The molecule has 0 radical (unpaired) electrons. The fourth-order valence-corrected chi connectivity index (χ4v) is 2.08. The second-order valence-corrected chi connectivity index (χ2v) is 4.84. The largest absolute Gasteiger partial charge is 0.259 e. The molecule has 0 aliphatic heterocycles. The first-order chi connectivity index (χ1) is 7.34. The van der Waals surface area contributed by atoms with Gasteiger partial charge in [0.1, 0.15) is 0 Å². The summed E-state index contributed by atoms with van der Waals surface area (Å²) in [5, 5.41) is 1.03. The zero-order valence-electron chi connectivity index (χ0n) is 7.93. The molecule has 0 bridgehead atoms. The van der Waals surface area contributed by atoms with E-state index < -0.39 is 0 Å². The van der Waals surface area contributed by atoms with E-state index >= 15 is 0 Å². The van der Waals surface area contributed by atoms with Gasteiger partial charge in [-0.3, -0.25) is 4.98 Å². The Kier molecular flexibility index (Phi) is 3.75. The topological polar surface area (TPSA) is 25.8 Å². The summed E-state index contributed by atoms with van der Waals surface area (Å²) < 4.78 is 1.01. The molecule has 0 saturated heterocycles. The lowest BCUT2D eigenvalue weighted by molar-refractivity contribution is 1.11. The van der Waals surface area contributed by atoms with E-state index in [9.17, 15) is 0 Å². The third-order valence-electron chi connectivity index (χ3n) is 1.79. The lowest BCUT2D eigenvalue weighted by Gasteiger charge is -2.00. The second kappa shape index (κ2) is 5.28. The summed E-state index contributed by atoms with van der Waals surface area (Å²) in [4.78, 5) is 8.54. The van der Waals surface area contributed by atoms with Crippen molar-refractivity contribution in [2.24, 2.45) is 0 Å². The number of pyridine rings is 2. The Hall–Kier alpha value is -0.870. The first-order valence-electron chi connectivity index (χ1n) is 4.49. The van der Waals surface area contributed by atoms with Gasteiger partial charge in [-0.2, -0.15) is 0 Å². The summed E-state index contributed by atoms with van der Waals surface area (Å²) in [7, 11) is 0. The molecule has 0 aliphatic carbocycles. The number of hydrogen-bond donors (Lipinski definition) is 0. The zero-order valence-corrected chi connectivity index (χ0v) is 10.3. The molecule has 76 valence electrons. The van der Waals surface area contributed by atoms with Crippen LogP contribution in [-0.2, 0) is 5.75 Å². The maximum absolute atomic E-state index is 4.30. The van der Waals surface area contributed by atoms with Gasteiger partial charge in [-0.05, 0) is 40.2 Å². The van der Waals surface area contributed by atoms with Crippen molar-refractivity contribution in [3.05, 3.63) is 52.9 Å². The standard InChI is InChI=1S/C11H9BrN2S/c12-9-4-5-10(14-7-9)8-15-11-3-1-2-6-13-11/h1-7H,8H2. The highest BCUT2D eigenvalue weighted by Crippen LogP contribution is 2.19. The van der Waals surface area contributed by atoms with Crippen LogP contribution in [-0.4, -0.2) is 9.97 Å². The third-order valence-corrected chi connectivity index (χ3v) is 3.24. The number of nitrogens with zero attached hydrogens (tertiary/aromatic N) is 2. The van der Waals surface area contributed by atoms with E-state index in [-0.39, 0.29) is 0 Å². The fourth-order valence-electron chi connectivity index (χ4n) is 1.07. The Morgan fingerprint density at radius 1 is 1.13 bits per heavy atom. The highest BCUT2D eigenvalue weighted by Gasteiger charge is 1.97. The minimum absolute atomic E-state index is 0.851. The smallest absolute Gasteiger partial charge is 0.0963 e. The maximum Gasteiger partial charge on any atom is 0.0963 e. The van der Waals surface area contributed by atoms with Gasteiger partial charge in [0, 0.05) is 22.6 Å². The van der Waals surface area contributed by atoms with Crippen molar-refractivity contribution >= 4 is 27.7 Å². The van der Waals surface area contributed by atoms with Crippen LogP contribution in [0.4, 0.5) is 0 Å². The molecule has 0 N–H and O–H groups in total. The molecule has 0 spiro atoms. The Balaban J connectivity index is 1.96. The monoisotopic (exact) mass is 280 g/mol. The average molecular weight is 281 g/mol. The summed E-state index contributed by atoms with van der Waals surface area (Å²) in [6.07, 6.45) is 3.62. The van der Waals surface area contributed by atoms with Crippen LogP contribution in [0.5, 0.6) is 0 Å². The number of hydrogen-bond acceptors (Lipinski definition) is 3. The van der Waals surface area contributed by atoms with Gasteiger partial charge < -0.3 is 0 Å². The minimum atomic E-state index is 0.851. The van der Waals surface area contributed by atoms with Crippen molar-refractivity contribution in [2.75, 3.05) is 0 Å². The first-order valence-corrected chi connectivity index (χ1v) is 6.27. The van der Waals surface area contributed by atoms with E-state index in [4.69, 9.17) is 0 Å². The molecule has 0 amide bonds. The van der Waals surface area contributed by atoms with Gasteiger partial charge in [0.15, 0.2) is 0 Å². The number of rotatable bonds is 3. The van der Waals surface area contributed by atoms with Crippen molar-refractivity contribution < 1.29 is 0 Å². The van der Waals surface area contributed by atoms with Crippen LogP contribution in [0.15, 0.2) is 52.2 Å². The van der Waals surface area contributed by atoms with Gasteiger partial charge in [0.25, 0.3) is 0 Å². The zero-order chi connectivity index (χ0) is 10.5. The van der Waals surface area contributed by atoms with Gasteiger partial charge in [0.05, 0.1) is 10.7 Å². The van der Waals surface area contributed by atoms with E-state index in [2.05, 4.69) is 25.9 Å². The molecule has 4 heteroatoms. The molecule has 2 heterocycles. The summed E-state index contributed by atoms with van der Waals surface area (Å²) in [5.41, 5.74) is 1.06. The van der Waals surface area contributed by atoms with Crippen molar-refractivity contribution in [1.29, 1.82) is 0 Å². The molecule has 2 rings (SSSR count). The summed E-state index contributed by atoms with van der Waals surface area (Å²) >= 11 is 5.05. The minimum Gasteiger partial charge on any atom is -0.259 e. The van der Waals surface area contributed by atoms with E-state index in [1.807, 2.05) is 36.5 Å². The van der Waals surface area contributed by atoms with Crippen LogP contribution in [0, 0.1) is 0 Å². The Morgan fingerprint density at radius 3 is 2.73 bits per heavy atom. The maximum atomic E-state index is 4.30. The molecule has 2 aromatic rings. The summed E-state index contributed by atoms with van der Waals surface area (Å²) in [6, 6.07) is 9.93. The molecule has 2 aromatic heterocycles. The molecule has 0 aliphatic rings. The van der Waals surface area contributed by atoms with Gasteiger partial charge in [-0.1, -0.05) is 6.07 Å². The van der Waals surface area contributed by atoms with Crippen LogP contribution >= 0.6 is 27.7 Å². The van der Waals surface area contributed by atoms with Crippen LogP contribution in [0.2, 0.25) is 0 Å². The van der Waals surface area contributed by atoms with Gasteiger partial charge in [-0.25, -0.2) is 4.98 Å². The average Bonchev–Trinajstić information content (AvgIpc) is 2.30. The number of halogens is 1. The highest BCUT2D eigenvalue weighted by atomic mass is 79.9. The molecule has 2 nitrogen and oxygen atoms in total. The number of thioether (sulfide) groups is 1. The summed E-state index contributed by atoms with van der Waals surface area (Å²) in [6.45, 7) is 0.